The van der Waals surface area contributed by atoms with Crippen LogP contribution in [0.4, 0.5) is 0 Å². The van der Waals surface area contributed by atoms with Crippen molar-refractivity contribution in [1.82, 2.24) is 0 Å². The van der Waals surface area contributed by atoms with Crippen LogP contribution in [0.2, 0.25) is 0 Å². The maximum Gasteiger partial charge on any atom is 0.424 e. The van der Waals surface area contributed by atoms with Crippen LogP contribution < -0.4 is 0 Å². The first-order chi connectivity index (χ1) is 4.31. The highest BCUT2D eigenvalue weighted by Crippen LogP contribution is 1.86. The van der Waals surface area contributed by atoms with E-state index in [1.165, 1.54) is 0 Å². The van der Waals surface area contributed by atoms with Gasteiger partial charge in [-0.25, -0.2) is 4.79 Å². The molecule has 0 fully saturated rings. The van der Waals surface area contributed by atoms with Gasteiger partial charge in [0.05, 0.1) is 0 Å². The van der Waals surface area contributed by atoms with E-state index < -0.39 is 0 Å². The van der Waals surface area contributed by atoms with Crippen LogP contribution >= 0.6 is 0 Å². The zero-order valence-corrected chi connectivity index (χ0v) is 4.64. The molecule has 0 aliphatic rings. The first kappa shape index (κ1) is 7.81. The Morgan fingerprint density at radius 3 is 2.67 bits per heavy atom. The summed E-state index contributed by atoms with van der Waals surface area (Å²) in [5.74, 6) is -0.256. The second-order valence-electron chi connectivity index (χ2n) is 1.25. The fourth-order valence-electron chi connectivity index (χ4n) is 0.266. The largest absolute Gasteiger partial charge is 0.424 e. The summed E-state index contributed by atoms with van der Waals surface area (Å²) in [6.45, 7) is 1.07. The average Bonchev–Trinajstić information content (AvgIpc) is 1.85. The van der Waals surface area contributed by atoms with Gasteiger partial charge in [0.2, 0.25) is 0 Å². The number of nitrogens with one attached hydrogen (secondary N) is 1. The molecular weight excluding hydrogens is 122 g/mol. The summed E-state index contributed by atoms with van der Waals surface area (Å²) in [5.41, 5.74) is 0. The van der Waals surface area contributed by atoms with Crippen molar-refractivity contribution >= 4 is 18.7 Å². The molecule has 0 heterocycles. The number of rotatable bonds is 4. The van der Waals surface area contributed by atoms with E-state index in [0.717, 1.165) is 6.47 Å². The molecule has 0 aromatic carbocycles. The fraction of sp³-hybridized carbons (Fsp3) is 0.400. The molecule has 0 rings (SSSR count). The van der Waals surface area contributed by atoms with Gasteiger partial charge < -0.3 is 4.74 Å². The normalized spacial score (nSPS) is 8.00. The van der Waals surface area contributed by atoms with Gasteiger partial charge in [0.1, 0.15) is 0 Å². The van der Waals surface area contributed by atoms with E-state index in [2.05, 4.69) is 4.74 Å². The van der Waals surface area contributed by atoms with Crippen LogP contribution in [0.5, 0.6) is 0 Å². The Morgan fingerprint density at radius 2 is 2.22 bits per heavy atom. The number of hydrogen-bond donors (Lipinski definition) is 1. The highest BCUT2D eigenvalue weighted by molar-refractivity contribution is 5.80. The van der Waals surface area contributed by atoms with Crippen molar-refractivity contribution in [1.29, 1.82) is 5.41 Å². The highest BCUT2D eigenvalue weighted by Gasteiger charge is 1.95. The van der Waals surface area contributed by atoms with E-state index in [0.29, 0.717) is 0 Å². The summed E-state index contributed by atoms with van der Waals surface area (Å²) in [6.07, 6.45) is 1.75. The summed E-state index contributed by atoms with van der Waals surface area (Å²) in [4.78, 5) is 18.9. The van der Waals surface area contributed by atoms with Crippen molar-refractivity contribution in [2.24, 2.45) is 0 Å². The summed E-state index contributed by atoms with van der Waals surface area (Å²) in [7, 11) is 0. The van der Waals surface area contributed by atoms with Crippen LogP contribution in [0.3, 0.4) is 0 Å². The molecular formula is C5H5NO3. The van der Waals surface area contributed by atoms with E-state index in [1.54, 1.807) is 6.29 Å². The van der Waals surface area contributed by atoms with E-state index in [9.17, 15) is 9.59 Å². The van der Waals surface area contributed by atoms with Crippen LogP contribution in [-0.4, -0.2) is 18.7 Å². The van der Waals surface area contributed by atoms with Crippen LogP contribution in [-0.2, 0) is 14.3 Å². The quantitative estimate of drug-likeness (QED) is 0.424. The molecule has 4 heteroatoms. The molecule has 0 saturated heterocycles. The third-order valence-electron chi connectivity index (χ3n) is 0.619. The fourth-order valence-corrected chi connectivity index (χ4v) is 0.266. The predicted octanol–water partition coefficient (Wildman–Crippen LogP) is -0.0626. The Labute approximate surface area is 52.3 Å². The van der Waals surface area contributed by atoms with Crippen molar-refractivity contribution in [3.8, 4) is 0 Å². The molecule has 9 heavy (non-hydrogen) atoms. The molecule has 4 nitrogen and oxygen atoms in total. The first-order valence-corrected chi connectivity index (χ1v) is 2.27. The van der Waals surface area contributed by atoms with Crippen LogP contribution in [0.25, 0.3) is 0 Å². The van der Waals surface area contributed by atoms with E-state index >= 15 is 0 Å². The molecule has 0 amide bonds. The zero-order valence-electron chi connectivity index (χ0n) is 4.64. The molecule has 0 atom stereocenters. The zero-order chi connectivity index (χ0) is 7.11. The first-order valence-electron chi connectivity index (χ1n) is 2.27. The Hall–Kier alpha value is -1.19. The monoisotopic (exact) mass is 127 g/mol. The average molecular weight is 127 g/mol. The van der Waals surface area contributed by atoms with E-state index in [4.69, 9.17) is 5.41 Å². The van der Waals surface area contributed by atoms with Gasteiger partial charge in [-0.05, 0) is 0 Å². The van der Waals surface area contributed by atoms with Crippen LogP contribution in [0, 0.1) is 5.41 Å². The molecule has 1 N–H and O–H groups in total. The number of carbonyl (C=O) groups excluding carboxylic acids is 2. The second-order valence-corrected chi connectivity index (χ2v) is 1.25. The summed E-state index contributed by atoms with van der Waals surface area (Å²) < 4.78 is 3.94. The third kappa shape index (κ3) is 4.67. The summed E-state index contributed by atoms with van der Waals surface area (Å²) in [6, 6.07) is 0. The van der Waals surface area contributed by atoms with Gasteiger partial charge in [-0.2, -0.15) is 0 Å². The topological polar surface area (TPSA) is 67.2 Å². The lowest BCUT2D eigenvalue weighted by atomic mass is 10.3. The molecule has 0 aromatic rings. The lowest BCUT2D eigenvalue weighted by Crippen LogP contribution is -2.00. The maximum atomic E-state index is 9.54. The predicted molar refractivity (Wildman–Crippen MR) is 29.4 cm³/mol. The minimum absolute atomic E-state index is 0.0838. The maximum absolute atomic E-state index is 9.54. The van der Waals surface area contributed by atoms with Gasteiger partial charge in [0, 0.05) is 12.8 Å². The molecule has 0 aliphatic heterocycles. The third-order valence-corrected chi connectivity index (χ3v) is 0.619. The van der Waals surface area contributed by atoms with Crippen molar-refractivity contribution in [3.63, 3.8) is 0 Å². The molecule has 0 unspecified atom stereocenters. The molecule has 2 radical (unpaired) electrons. The summed E-state index contributed by atoms with van der Waals surface area (Å²) in [5, 5.41) is 6.73. The standard InChI is InChI=1S/C5H5NO3/c6-5(9-4-8)2-1-3-7/h6H,1-2H2. The lowest BCUT2D eigenvalue weighted by Gasteiger charge is -1.91. The molecule has 0 spiro atoms. The van der Waals surface area contributed by atoms with E-state index in [-0.39, 0.29) is 18.7 Å². The van der Waals surface area contributed by atoms with Gasteiger partial charge >= 0.3 is 6.47 Å². The Bertz CT molecular complexity index is 121. The Morgan fingerprint density at radius 1 is 1.56 bits per heavy atom. The van der Waals surface area contributed by atoms with E-state index in [1.807, 2.05) is 0 Å². The number of ether oxygens (including phenoxy) is 1. The van der Waals surface area contributed by atoms with Crippen molar-refractivity contribution in [2.45, 2.75) is 12.8 Å². The SMILES string of the molecule is N=C(CC[C]=O)O[C]=O. The Balaban J connectivity index is 3.26. The van der Waals surface area contributed by atoms with Crippen LogP contribution in [0.15, 0.2) is 0 Å². The lowest BCUT2D eigenvalue weighted by molar-refractivity contribution is 0.427. The molecule has 0 saturated carbocycles. The number of hydrogen-bond acceptors (Lipinski definition) is 4. The van der Waals surface area contributed by atoms with Gasteiger partial charge in [-0.15, -0.1) is 0 Å². The molecule has 48 valence electrons. The Kier molecular flexibility index (Phi) is 4.30. The van der Waals surface area contributed by atoms with Crippen LogP contribution in [0.1, 0.15) is 12.8 Å². The minimum Gasteiger partial charge on any atom is -0.404 e. The molecule has 0 aromatic heterocycles. The van der Waals surface area contributed by atoms with Gasteiger partial charge in [-0.3, -0.25) is 10.2 Å². The molecule has 0 aliphatic carbocycles. The second kappa shape index (κ2) is 4.96. The summed E-state index contributed by atoms with van der Waals surface area (Å²) >= 11 is 0. The molecule has 0 bridgehead atoms. The van der Waals surface area contributed by atoms with Crippen molar-refractivity contribution in [2.75, 3.05) is 0 Å². The van der Waals surface area contributed by atoms with Gasteiger partial charge in [-0.1, -0.05) is 0 Å². The van der Waals surface area contributed by atoms with Gasteiger partial charge in [0.25, 0.3) is 0 Å². The minimum atomic E-state index is -0.256. The smallest absolute Gasteiger partial charge is 0.404 e. The van der Waals surface area contributed by atoms with Gasteiger partial charge in [0.15, 0.2) is 12.2 Å². The van der Waals surface area contributed by atoms with Crippen molar-refractivity contribution < 1.29 is 14.3 Å². The highest BCUT2D eigenvalue weighted by atomic mass is 16.5. The van der Waals surface area contributed by atoms with Crippen molar-refractivity contribution in [3.05, 3.63) is 0 Å².